The van der Waals surface area contributed by atoms with E-state index in [9.17, 15) is 4.79 Å². The molecule has 1 heterocycles. The van der Waals surface area contributed by atoms with Crippen LogP contribution in [0.4, 0.5) is 4.79 Å². The summed E-state index contributed by atoms with van der Waals surface area (Å²) in [5.74, 6) is 11.3. The lowest BCUT2D eigenvalue weighted by atomic mass is 10.0. The van der Waals surface area contributed by atoms with Gasteiger partial charge in [0.05, 0.1) is 12.2 Å². The van der Waals surface area contributed by atoms with Gasteiger partial charge in [-0.05, 0) is 47.9 Å². The summed E-state index contributed by atoms with van der Waals surface area (Å²) in [5.41, 5.74) is 5.71. The fraction of sp³-hybridized carbons (Fsp3) is 0.158. The smallest absolute Gasteiger partial charge is 0.345 e. The van der Waals surface area contributed by atoms with Crippen molar-refractivity contribution >= 4 is 17.6 Å². The van der Waals surface area contributed by atoms with Crippen LogP contribution in [0.2, 0.25) is 5.02 Å². The zero-order valence-corrected chi connectivity index (χ0v) is 16.1. The largest absolute Gasteiger partial charge is 0.472 e. The van der Waals surface area contributed by atoms with E-state index >= 15 is 0 Å². The van der Waals surface area contributed by atoms with Crippen LogP contribution < -0.4 is 21.8 Å². The van der Waals surface area contributed by atoms with Gasteiger partial charge in [-0.3, -0.25) is 10.4 Å². The second-order valence-corrected chi connectivity index (χ2v) is 6.59. The zero-order valence-electron chi connectivity index (χ0n) is 15.3. The van der Waals surface area contributed by atoms with Gasteiger partial charge >= 0.3 is 6.03 Å². The number of amides is 2. The third-order valence-corrected chi connectivity index (χ3v) is 4.50. The number of aryl methyl sites for hydroxylation is 1. The summed E-state index contributed by atoms with van der Waals surface area (Å²) in [5, 5.41) is 6.09. The van der Waals surface area contributed by atoms with Gasteiger partial charge in [0.25, 0.3) is 0 Å². The van der Waals surface area contributed by atoms with Crippen LogP contribution in [0, 0.1) is 6.92 Å². The molecule has 9 heteroatoms. The molecule has 3 aromatic rings. The van der Waals surface area contributed by atoms with E-state index in [1.54, 1.807) is 22.9 Å². The Hall–Kier alpha value is -3.07. The maximum absolute atomic E-state index is 11.6. The van der Waals surface area contributed by atoms with Crippen molar-refractivity contribution in [2.45, 2.75) is 20.1 Å². The Labute approximate surface area is 167 Å². The number of carbonyl (C=O) groups excluding carboxylic acids is 1. The molecule has 0 radical (unpaired) electrons. The van der Waals surface area contributed by atoms with Gasteiger partial charge in [0.15, 0.2) is 0 Å². The quantitative estimate of drug-likeness (QED) is 0.334. The first kappa shape index (κ1) is 19.7. The standard InChI is InChI=1S/C19H21ClN6O2/c1-13-3-2-4-14(11-25(22)19(27)23-21)17(13)12-28-18-9-10-26(24-18)16-7-5-15(20)6-8-16/h2-10H,11-12,21-22H2,1H3,(H,23,27). The molecule has 3 rings (SSSR count). The van der Waals surface area contributed by atoms with Crippen LogP contribution in [0.25, 0.3) is 5.69 Å². The maximum Gasteiger partial charge on any atom is 0.345 e. The van der Waals surface area contributed by atoms with Crippen LogP contribution in [0.5, 0.6) is 5.88 Å². The number of ether oxygens (including phenoxy) is 1. The van der Waals surface area contributed by atoms with Gasteiger partial charge in [-0.2, -0.15) is 0 Å². The molecule has 0 aliphatic heterocycles. The molecule has 5 N–H and O–H groups in total. The molecule has 0 fully saturated rings. The lowest BCUT2D eigenvalue weighted by Crippen LogP contribution is -2.46. The van der Waals surface area contributed by atoms with Crippen molar-refractivity contribution < 1.29 is 9.53 Å². The Balaban J connectivity index is 1.72. The average molecular weight is 401 g/mol. The fourth-order valence-electron chi connectivity index (χ4n) is 2.72. The number of nitrogens with zero attached hydrogens (tertiary/aromatic N) is 3. The van der Waals surface area contributed by atoms with Crippen LogP contribution >= 0.6 is 11.6 Å². The normalized spacial score (nSPS) is 10.6. The van der Waals surface area contributed by atoms with E-state index in [0.717, 1.165) is 27.4 Å². The lowest BCUT2D eigenvalue weighted by molar-refractivity contribution is 0.196. The Morgan fingerprint density at radius 1 is 1.25 bits per heavy atom. The van der Waals surface area contributed by atoms with Gasteiger partial charge in [0.2, 0.25) is 5.88 Å². The molecule has 1 aromatic heterocycles. The number of hydrogen-bond donors (Lipinski definition) is 3. The third kappa shape index (κ3) is 4.61. The predicted molar refractivity (Wildman–Crippen MR) is 107 cm³/mol. The first-order chi connectivity index (χ1) is 13.5. The summed E-state index contributed by atoms with van der Waals surface area (Å²) in [7, 11) is 0. The summed E-state index contributed by atoms with van der Waals surface area (Å²) in [6.07, 6.45) is 1.81. The summed E-state index contributed by atoms with van der Waals surface area (Å²) in [4.78, 5) is 11.6. The number of halogens is 1. The number of benzene rings is 2. The van der Waals surface area contributed by atoms with Gasteiger partial charge in [-0.25, -0.2) is 21.2 Å². The molecule has 0 unspecified atom stereocenters. The lowest BCUT2D eigenvalue weighted by Gasteiger charge is -2.19. The number of aromatic nitrogens is 2. The molecule has 8 nitrogen and oxygen atoms in total. The number of carbonyl (C=O) groups is 1. The van der Waals surface area contributed by atoms with Crippen LogP contribution in [0.15, 0.2) is 54.7 Å². The number of hydrazine groups is 2. The van der Waals surface area contributed by atoms with Gasteiger partial charge < -0.3 is 4.74 Å². The molecule has 0 aliphatic carbocycles. The highest BCUT2D eigenvalue weighted by molar-refractivity contribution is 6.30. The second kappa shape index (κ2) is 8.75. The molecule has 0 saturated heterocycles. The van der Waals surface area contributed by atoms with Gasteiger partial charge in [0, 0.05) is 17.3 Å². The Kier molecular flexibility index (Phi) is 6.15. The van der Waals surface area contributed by atoms with E-state index in [2.05, 4.69) is 5.10 Å². The summed E-state index contributed by atoms with van der Waals surface area (Å²) >= 11 is 5.92. The molecule has 0 saturated carbocycles. The first-order valence-electron chi connectivity index (χ1n) is 8.52. The van der Waals surface area contributed by atoms with E-state index in [4.69, 9.17) is 28.0 Å². The molecular weight excluding hydrogens is 380 g/mol. The molecule has 0 bridgehead atoms. The molecule has 2 amide bonds. The van der Waals surface area contributed by atoms with Crippen LogP contribution in [-0.4, -0.2) is 20.8 Å². The van der Waals surface area contributed by atoms with E-state index in [1.165, 1.54) is 0 Å². The molecular formula is C19H21ClN6O2. The predicted octanol–water partition coefficient (Wildman–Crippen LogP) is 2.67. The first-order valence-corrected chi connectivity index (χ1v) is 8.90. The molecule has 0 atom stereocenters. The summed E-state index contributed by atoms with van der Waals surface area (Å²) in [6.45, 7) is 2.46. The minimum Gasteiger partial charge on any atom is -0.472 e. The molecule has 2 aromatic carbocycles. The van der Waals surface area contributed by atoms with Crippen molar-refractivity contribution in [1.29, 1.82) is 0 Å². The Morgan fingerprint density at radius 3 is 2.71 bits per heavy atom. The van der Waals surface area contributed by atoms with Crippen molar-refractivity contribution in [3.63, 3.8) is 0 Å². The highest BCUT2D eigenvalue weighted by atomic mass is 35.5. The van der Waals surface area contributed by atoms with E-state index in [1.807, 2.05) is 48.9 Å². The van der Waals surface area contributed by atoms with E-state index < -0.39 is 6.03 Å². The minimum atomic E-state index is -0.574. The summed E-state index contributed by atoms with van der Waals surface area (Å²) in [6, 6.07) is 14.3. The SMILES string of the molecule is Cc1cccc(CN(N)C(=O)NN)c1COc1ccn(-c2ccc(Cl)cc2)n1. The average Bonchev–Trinajstić information content (AvgIpc) is 3.16. The van der Waals surface area contributed by atoms with E-state index in [0.29, 0.717) is 10.9 Å². The van der Waals surface area contributed by atoms with Crippen molar-refractivity contribution in [3.8, 4) is 11.6 Å². The maximum atomic E-state index is 11.6. The Morgan fingerprint density at radius 2 is 2.00 bits per heavy atom. The highest BCUT2D eigenvalue weighted by Crippen LogP contribution is 2.20. The summed E-state index contributed by atoms with van der Waals surface area (Å²) < 4.78 is 7.57. The number of nitrogens with two attached hydrogens (primary N) is 2. The number of hydrogen-bond acceptors (Lipinski definition) is 5. The second-order valence-electron chi connectivity index (χ2n) is 6.15. The van der Waals surface area contributed by atoms with Crippen LogP contribution in [0.3, 0.4) is 0 Å². The van der Waals surface area contributed by atoms with Gasteiger partial charge in [0.1, 0.15) is 6.61 Å². The molecule has 28 heavy (non-hydrogen) atoms. The van der Waals surface area contributed by atoms with Gasteiger partial charge in [-0.15, -0.1) is 5.10 Å². The van der Waals surface area contributed by atoms with Crippen LogP contribution in [-0.2, 0) is 13.2 Å². The zero-order chi connectivity index (χ0) is 20.1. The van der Waals surface area contributed by atoms with Gasteiger partial charge in [-0.1, -0.05) is 29.8 Å². The van der Waals surface area contributed by atoms with Crippen molar-refractivity contribution in [1.82, 2.24) is 20.2 Å². The number of urea groups is 1. The Bertz CT molecular complexity index is 957. The molecule has 0 spiro atoms. The fourth-order valence-corrected chi connectivity index (χ4v) is 2.85. The van der Waals surface area contributed by atoms with Crippen molar-refractivity contribution in [2.75, 3.05) is 0 Å². The van der Waals surface area contributed by atoms with E-state index in [-0.39, 0.29) is 13.2 Å². The highest BCUT2D eigenvalue weighted by Gasteiger charge is 2.13. The third-order valence-electron chi connectivity index (χ3n) is 4.25. The minimum absolute atomic E-state index is 0.197. The van der Waals surface area contributed by atoms with Crippen molar-refractivity contribution in [3.05, 3.63) is 76.4 Å². The molecule has 0 aliphatic rings. The molecule has 146 valence electrons. The number of nitrogens with one attached hydrogen (secondary N) is 1. The van der Waals surface area contributed by atoms with Crippen LogP contribution in [0.1, 0.15) is 16.7 Å². The number of rotatable bonds is 6. The topological polar surface area (TPSA) is 111 Å². The van der Waals surface area contributed by atoms with Crippen molar-refractivity contribution in [2.24, 2.45) is 11.7 Å². The monoisotopic (exact) mass is 400 g/mol.